The lowest BCUT2D eigenvalue weighted by Crippen LogP contribution is -2.25. The Morgan fingerprint density at radius 2 is 1.89 bits per heavy atom. The molecule has 0 bridgehead atoms. The van der Waals surface area contributed by atoms with E-state index >= 15 is 0 Å². The van der Waals surface area contributed by atoms with E-state index in [0.717, 1.165) is 25.9 Å². The quantitative estimate of drug-likeness (QED) is 0.379. The molecule has 4 nitrogen and oxygen atoms in total. The fourth-order valence-electron chi connectivity index (χ4n) is 2.35. The maximum absolute atomic E-state index is 14.4. The monoisotopic (exact) mass is 329 g/mol. The van der Waals surface area contributed by atoms with Crippen molar-refractivity contribution in [3.63, 3.8) is 0 Å². The van der Waals surface area contributed by atoms with Gasteiger partial charge in [-0.15, -0.1) is 0 Å². The van der Waals surface area contributed by atoms with Crippen molar-refractivity contribution in [1.82, 2.24) is 0 Å². The predicted octanol–water partition coefficient (Wildman–Crippen LogP) is 3.06. The van der Waals surface area contributed by atoms with Gasteiger partial charge in [0, 0.05) is 18.7 Å². The minimum absolute atomic E-state index is 0.104. The largest absolute Gasteiger partial charge is 0.409 e. The Kier molecular flexibility index (Phi) is 4.63. The third-order valence-electron chi connectivity index (χ3n) is 3.39. The van der Waals surface area contributed by atoms with E-state index in [-0.39, 0.29) is 16.1 Å². The molecule has 6 heteroatoms. The number of benzene rings is 1. The molecule has 1 aliphatic heterocycles. The van der Waals surface area contributed by atoms with Gasteiger partial charge in [0.1, 0.15) is 0 Å². The zero-order chi connectivity index (χ0) is 13.8. The number of oxime groups is 1. The van der Waals surface area contributed by atoms with Gasteiger partial charge in [-0.1, -0.05) is 18.0 Å². The van der Waals surface area contributed by atoms with E-state index in [2.05, 4.69) is 26.0 Å². The first-order valence-corrected chi connectivity index (χ1v) is 7.15. The molecule has 1 aromatic carbocycles. The second-order valence-corrected chi connectivity index (χ2v) is 5.44. The predicted molar refractivity (Wildman–Crippen MR) is 77.3 cm³/mol. The van der Waals surface area contributed by atoms with Crippen molar-refractivity contribution < 1.29 is 9.60 Å². The molecule has 2 rings (SSSR count). The number of rotatable bonds is 2. The lowest BCUT2D eigenvalue weighted by molar-refractivity contribution is 0.318. The van der Waals surface area contributed by atoms with Crippen LogP contribution in [0.4, 0.5) is 10.1 Å². The molecule has 0 amide bonds. The Hall–Kier alpha value is -1.30. The molecule has 1 heterocycles. The molecule has 104 valence electrons. The summed E-state index contributed by atoms with van der Waals surface area (Å²) >= 11 is 3.18. The van der Waals surface area contributed by atoms with Crippen LogP contribution < -0.4 is 10.6 Å². The molecule has 0 radical (unpaired) electrons. The van der Waals surface area contributed by atoms with Crippen LogP contribution in [0.2, 0.25) is 0 Å². The fraction of sp³-hybridized carbons (Fsp3) is 0.462. The van der Waals surface area contributed by atoms with Gasteiger partial charge >= 0.3 is 0 Å². The van der Waals surface area contributed by atoms with Gasteiger partial charge in [-0.2, -0.15) is 0 Å². The first-order valence-electron chi connectivity index (χ1n) is 6.36. The third-order valence-corrected chi connectivity index (χ3v) is 4.17. The highest BCUT2D eigenvalue weighted by Gasteiger charge is 2.19. The molecule has 0 saturated carbocycles. The molecular formula is C13H17BrFN3O. The summed E-state index contributed by atoms with van der Waals surface area (Å²) in [6.45, 7) is 1.73. The summed E-state index contributed by atoms with van der Waals surface area (Å²) in [5.74, 6) is -0.459. The van der Waals surface area contributed by atoms with Gasteiger partial charge in [0.2, 0.25) is 0 Å². The van der Waals surface area contributed by atoms with Crippen LogP contribution in [0.1, 0.15) is 31.2 Å². The standard InChI is InChI=1S/C13H17BrFN3O/c14-11-9(13(16)17-19)5-6-10(12(11)15)18-7-3-1-2-4-8-18/h5-6,19H,1-4,7-8H2,(H2,16,17). The topological polar surface area (TPSA) is 61.9 Å². The van der Waals surface area contributed by atoms with E-state index in [0.29, 0.717) is 11.3 Å². The van der Waals surface area contributed by atoms with Gasteiger partial charge in [0.15, 0.2) is 11.7 Å². The van der Waals surface area contributed by atoms with Crippen molar-refractivity contribution in [2.75, 3.05) is 18.0 Å². The highest BCUT2D eigenvalue weighted by atomic mass is 79.9. The van der Waals surface area contributed by atoms with E-state index in [9.17, 15) is 4.39 Å². The van der Waals surface area contributed by atoms with Gasteiger partial charge in [0.25, 0.3) is 0 Å². The maximum Gasteiger partial charge on any atom is 0.171 e. The second kappa shape index (κ2) is 6.23. The van der Waals surface area contributed by atoms with Crippen LogP contribution in [0.3, 0.4) is 0 Å². The highest BCUT2D eigenvalue weighted by Crippen LogP contribution is 2.30. The van der Waals surface area contributed by atoms with Crippen LogP contribution in [-0.4, -0.2) is 24.1 Å². The summed E-state index contributed by atoms with van der Waals surface area (Å²) < 4.78 is 14.6. The van der Waals surface area contributed by atoms with Crippen LogP contribution in [-0.2, 0) is 0 Å². The minimum atomic E-state index is -0.356. The molecule has 0 aliphatic carbocycles. The SMILES string of the molecule is N/C(=N/O)c1ccc(N2CCCCCC2)c(F)c1Br. The van der Waals surface area contributed by atoms with Gasteiger partial charge in [-0.25, -0.2) is 4.39 Å². The summed E-state index contributed by atoms with van der Waals surface area (Å²) in [7, 11) is 0. The molecule has 1 aliphatic rings. The molecule has 0 spiro atoms. The maximum atomic E-state index is 14.4. The number of hydrogen-bond acceptors (Lipinski definition) is 3. The summed E-state index contributed by atoms with van der Waals surface area (Å²) in [5, 5.41) is 11.6. The van der Waals surface area contributed by atoms with Crippen molar-refractivity contribution in [2.24, 2.45) is 10.9 Å². The molecule has 1 aromatic rings. The van der Waals surface area contributed by atoms with E-state index in [1.54, 1.807) is 12.1 Å². The van der Waals surface area contributed by atoms with Gasteiger partial charge in [0.05, 0.1) is 10.2 Å². The van der Waals surface area contributed by atoms with E-state index in [1.165, 1.54) is 12.8 Å². The van der Waals surface area contributed by atoms with Crippen LogP contribution in [0.15, 0.2) is 21.8 Å². The number of halogens is 2. The molecule has 0 unspecified atom stereocenters. The Bertz CT molecular complexity index is 485. The lowest BCUT2D eigenvalue weighted by Gasteiger charge is -2.24. The van der Waals surface area contributed by atoms with Crippen LogP contribution in [0.25, 0.3) is 0 Å². The zero-order valence-corrected chi connectivity index (χ0v) is 12.2. The molecule has 19 heavy (non-hydrogen) atoms. The van der Waals surface area contributed by atoms with Crippen molar-refractivity contribution in [2.45, 2.75) is 25.7 Å². The Morgan fingerprint density at radius 1 is 1.26 bits per heavy atom. The summed E-state index contributed by atoms with van der Waals surface area (Å²) in [4.78, 5) is 2.06. The molecule has 0 aromatic heterocycles. The fourth-order valence-corrected chi connectivity index (χ4v) is 2.89. The van der Waals surface area contributed by atoms with Crippen LogP contribution >= 0.6 is 15.9 Å². The first-order chi connectivity index (χ1) is 9.15. The van der Waals surface area contributed by atoms with Crippen LogP contribution in [0, 0.1) is 5.82 Å². The lowest BCUT2D eigenvalue weighted by atomic mass is 10.1. The van der Waals surface area contributed by atoms with Crippen LogP contribution in [0.5, 0.6) is 0 Å². The number of hydrogen-bond donors (Lipinski definition) is 2. The molecule has 3 N–H and O–H groups in total. The smallest absolute Gasteiger partial charge is 0.171 e. The van der Waals surface area contributed by atoms with Gasteiger partial charge < -0.3 is 15.8 Å². The average molecular weight is 330 g/mol. The number of nitrogens with zero attached hydrogens (tertiary/aromatic N) is 2. The van der Waals surface area contributed by atoms with E-state index in [1.807, 2.05) is 0 Å². The minimum Gasteiger partial charge on any atom is -0.409 e. The second-order valence-electron chi connectivity index (χ2n) is 4.65. The number of amidine groups is 1. The zero-order valence-electron chi connectivity index (χ0n) is 10.6. The average Bonchev–Trinajstić information content (AvgIpc) is 2.70. The summed E-state index contributed by atoms with van der Waals surface area (Å²) in [6, 6.07) is 3.36. The van der Waals surface area contributed by atoms with Crippen molar-refractivity contribution in [3.8, 4) is 0 Å². The third kappa shape index (κ3) is 3.00. The Morgan fingerprint density at radius 3 is 2.47 bits per heavy atom. The summed E-state index contributed by atoms with van der Waals surface area (Å²) in [6.07, 6.45) is 4.56. The normalized spacial score (nSPS) is 17.4. The molecular weight excluding hydrogens is 313 g/mol. The van der Waals surface area contributed by atoms with Gasteiger partial charge in [-0.3, -0.25) is 0 Å². The van der Waals surface area contributed by atoms with E-state index < -0.39 is 0 Å². The van der Waals surface area contributed by atoms with E-state index in [4.69, 9.17) is 10.9 Å². The van der Waals surface area contributed by atoms with Gasteiger partial charge in [-0.05, 0) is 40.9 Å². The summed E-state index contributed by atoms with van der Waals surface area (Å²) in [5.41, 5.74) is 6.44. The molecule has 1 fully saturated rings. The number of anilines is 1. The number of nitrogens with two attached hydrogens (primary N) is 1. The highest BCUT2D eigenvalue weighted by molar-refractivity contribution is 9.10. The van der Waals surface area contributed by atoms with Crippen molar-refractivity contribution >= 4 is 27.5 Å². The first kappa shape index (κ1) is 14.1. The van der Waals surface area contributed by atoms with Crippen molar-refractivity contribution in [3.05, 3.63) is 28.0 Å². The Balaban J connectivity index is 2.34. The van der Waals surface area contributed by atoms with Crippen molar-refractivity contribution in [1.29, 1.82) is 0 Å². The molecule has 0 atom stereocenters. The Labute approximate surface area is 120 Å². The molecule has 1 saturated heterocycles.